The van der Waals surface area contributed by atoms with Crippen LogP contribution in [0, 0.1) is 0 Å². The van der Waals surface area contributed by atoms with Gasteiger partial charge in [0.25, 0.3) is 0 Å². The molecular weight excluding hydrogens is 315 g/mol. The lowest BCUT2D eigenvalue weighted by Crippen LogP contribution is -2.23. The average molecular weight is 331 g/mol. The summed E-state index contributed by atoms with van der Waals surface area (Å²) in [6, 6.07) is 6.22. The zero-order valence-electron chi connectivity index (χ0n) is 11.0. The molecule has 0 spiro atoms. The van der Waals surface area contributed by atoms with E-state index in [-0.39, 0.29) is 0 Å². The summed E-state index contributed by atoms with van der Waals surface area (Å²) in [4.78, 5) is 4.67. The van der Waals surface area contributed by atoms with Crippen LogP contribution >= 0.6 is 23.2 Å². The van der Waals surface area contributed by atoms with Crippen molar-refractivity contribution in [3.63, 3.8) is 0 Å². The van der Waals surface area contributed by atoms with Crippen LogP contribution < -0.4 is 0 Å². The van der Waals surface area contributed by atoms with Gasteiger partial charge in [-0.3, -0.25) is 4.21 Å². The summed E-state index contributed by atoms with van der Waals surface area (Å²) in [5, 5.41) is 0.677. The van der Waals surface area contributed by atoms with Crippen molar-refractivity contribution in [3.05, 3.63) is 29.0 Å². The molecular formula is C14H16Cl2N2OS. The van der Waals surface area contributed by atoms with Crippen LogP contribution in [0.5, 0.6) is 0 Å². The van der Waals surface area contributed by atoms with Crippen molar-refractivity contribution in [2.45, 2.75) is 25.3 Å². The van der Waals surface area contributed by atoms with Crippen molar-refractivity contribution in [3.8, 4) is 0 Å². The molecule has 0 atom stereocenters. The number of aromatic nitrogens is 2. The number of para-hydroxylation sites is 1. The van der Waals surface area contributed by atoms with Gasteiger partial charge in [-0.25, -0.2) is 4.98 Å². The first kappa shape index (κ1) is 14.4. The van der Waals surface area contributed by atoms with Gasteiger partial charge in [0.1, 0.15) is 11.3 Å². The normalized spacial score (nSPS) is 23.3. The molecule has 0 unspecified atom stereocenters. The monoisotopic (exact) mass is 330 g/mol. The third kappa shape index (κ3) is 2.61. The number of aryl methyl sites for hydroxylation is 1. The van der Waals surface area contributed by atoms with Crippen LogP contribution in [-0.2, 0) is 17.2 Å². The minimum absolute atomic E-state index is 0.356. The number of hydrogen-bond acceptors (Lipinski definition) is 2. The zero-order chi connectivity index (χ0) is 14.1. The maximum absolute atomic E-state index is 11.6. The van der Waals surface area contributed by atoms with Gasteiger partial charge in [-0.05, 0) is 25.0 Å². The van der Waals surface area contributed by atoms with E-state index in [1.165, 1.54) is 0 Å². The fourth-order valence-corrected chi connectivity index (χ4v) is 4.49. The summed E-state index contributed by atoms with van der Waals surface area (Å²) in [5.41, 5.74) is 1.91. The predicted octanol–water partition coefficient (Wildman–Crippen LogP) is 3.55. The average Bonchev–Trinajstić information content (AvgIpc) is 2.80. The highest BCUT2D eigenvalue weighted by atomic mass is 35.5. The first-order chi connectivity index (χ1) is 9.70. The third-order valence-electron chi connectivity index (χ3n) is 3.78. The maximum atomic E-state index is 11.6. The molecule has 0 aliphatic carbocycles. The van der Waals surface area contributed by atoms with Crippen LogP contribution in [0.4, 0.5) is 0 Å². The van der Waals surface area contributed by atoms with E-state index in [0.29, 0.717) is 16.9 Å². The topological polar surface area (TPSA) is 34.9 Å². The van der Waals surface area contributed by atoms with E-state index in [0.717, 1.165) is 47.6 Å². The van der Waals surface area contributed by atoms with Crippen LogP contribution in [0.25, 0.3) is 11.0 Å². The van der Waals surface area contributed by atoms with E-state index in [9.17, 15) is 4.21 Å². The van der Waals surface area contributed by atoms with Crippen LogP contribution in [0.3, 0.4) is 0 Å². The molecule has 20 heavy (non-hydrogen) atoms. The molecule has 3 nitrogen and oxygen atoms in total. The molecule has 0 radical (unpaired) electrons. The van der Waals surface area contributed by atoms with Gasteiger partial charge in [0.2, 0.25) is 0 Å². The number of alkyl halides is 1. The quantitative estimate of drug-likeness (QED) is 0.806. The lowest BCUT2D eigenvalue weighted by atomic mass is 10.1. The summed E-state index contributed by atoms with van der Waals surface area (Å²) in [7, 11) is -0.657. The van der Waals surface area contributed by atoms with Crippen LogP contribution in [0.1, 0.15) is 24.7 Å². The van der Waals surface area contributed by atoms with E-state index in [1.807, 2.05) is 12.1 Å². The molecule has 0 bridgehead atoms. The number of rotatable bonds is 3. The molecule has 0 amide bonds. The molecule has 0 N–H and O–H groups in total. The first-order valence-electron chi connectivity index (χ1n) is 6.77. The molecule has 2 aromatic rings. The van der Waals surface area contributed by atoms with Crippen molar-refractivity contribution in [2.24, 2.45) is 0 Å². The summed E-state index contributed by atoms with van der Waals surface area (Å²) in [5.74, 6) is 3.07. The van der Waals surface area contributed by atoms with E-state index in [2.05, 4.69) is 15.6 Å². The fourth-order valence-electron chi connectivity index (χ4n) is 2.84. The molecule has 1 fully saturated rings. The van der Waals surface area contributed by atoms with Crippen molar-refractivity contribution in [2.75, 3.05) is 17.4 Å². The lowest BCUT2D eigenvalue weighted by Gasteiger charge is -2.25. The Balaban J connectivity index is 2.09. The van der Waals surface area contributed by atoms with Crippen molar-refractivity contribution < 1.29 is 4.21 Å². The Morgan fingerprint density at radius 3 is 2.80 bits per heavy atom. The van der Waals surface area contributed by atoms with E-state index in [4.69, 9.17) is 23.2 Å². The minimum Gasteiger partial charge on any atom is -0.325 e. The third-order valence-corrected chi connectivity index (χ3v) is 5.66. The smallest absolute Gasteiger partial charge is 0.111 e. The fraction of sp³-hybridized carbons (Fsp3) is 0.500. The maximum Gasteiger partial charge on any atom is 0.111 e. The van der Waals surface area contributed by atoms with Gasteiger partial charge in [0, 0.05) is 40.6 Å². The van der Waals surface area contributed by atoms with Gasteiger partial charge in [0.05, 0.1) is 10.5 Å². The van der Waals surface area contributed by atoms with Gasteiger partial charge < -0.3 is 4.57 Å². The number of fused-ring (bicyclic) bond motifs is 1. The molecule has 0 saturated carbocycles. The van der Waals surface area contributed by atoms with Gasteiger partial charge in [-0.2, -0.15) is 0 Å². The molecule has 6 heteroatoms. The summed E-state index contributed by atoms with van der Waals surface area (Å²) >= 11 is 12.1. The molecule has 1 aliphatic rings. The number of hydrogen-bond donors (Lipinski definition) is 0. The van der Waals surface area contributed by atoms with Gasteiger partial charge in [-0.1, -0.05) is 17.7 Å². The Kier molecular flexibility index (Phi) is 4.34. The molecule has 1 saturated heterocycles. The second-order valence-corrected chi connectivity index (χ2v) is 7.51. The Hall–Kier alpha value is -0.580. The molecule has 1 aromatic heterocycles. The largest absolute Gasteiger partial charge is 0.325 e. The Morgan fingerprint density at radius 2 is 2.10 bits per heavy atom. The lowest BCUT2D eigenvalue weighted by molar-refractivity contribution is 0.459. The van der Waals surface area contributed by atoms with Crippen molar-refractivity contribution >= 4 is 45.0 Å². The highest BCUT2D eigenvalue weighted by molar-refractivity contribution is 7.85. The van der Waals surface area contributed by atoms with E-state index < -0.39 is 10.8 Å². The van der Waals surface area contributed by atoms with Crippen molar-refractivity contribution in [1.29, 1.82) is 0 Å². The molecule has 1 aliphatic heterocycles. The number of imidazole rings is 1. The summed E-state index contributed by atoms with van der Waals surface area (Å²) in [6.07, 6.45) is 2.59. The number of nitrogens with zero attached hydrogens (tertiary/aromatic N) is 2. The van der Waals surface area contributed by atoms with Crippen LogP contribution in [-0.4, -0.2) is 31.1 Å². The molecule has 1 aromatic carbocycles. The van der Waals surface area contributed by atoms with E-state index in [1.54, 1.807) is 0 Å². The Labute approximate surface area is 130 Å². The minimum atomic E-state index is -0.657. The standard InChI is InChI=1S/C14H16Cl2N2OS/c15-7-4-13-17-14-11(16)2-1-3-12(14)18(13)10-5-8-20(19)9-6-10/h1-3,10H,4-9H2. The van der Waals surface area contributed by atoms with Crippen LogP contribution in [0.2, 0.25) is 5.02 Å². The molecule has 108 valence electrons. The number of halogens is 2. The highest BCUT2D eigenvalue weighted by Crippen LogP contribution is 2.31. The second kappa shape index (κ2) is 6.04. The second-order valence-electron chi connectivity index (χ2n) is 5.02. The van der Waals surface area contributed by atoms with Gasteiger partial charge in [-0.15, -0.1) is 11.6 Å². The van der Waals surface area contributed by atoms with Crippen LogP contribution in [0.15, 0.2) is 18.2 Å². The first-order valence-corrected chi connectivity index (χ1v) is 9.17. The molecule has 2 heterocycles. The van der Waals surface area contributed by atoms with Gasteiger partial charge >= 0.3 is 0 Å². The number of benzene rings is 1. The van der Waals surface area contributed by atoms with E-state index >= 15 is 0 Å². The zero-order valence-corrected chi connectivity index (χ0v) is 13.3. The Bertz CT molecular complexity index is 646. The Morgan fingerprint density at radius 1 is 1.35 bits per heavy atom. The summed E-state index contributed by atoms with van der Waals surface area (Å²) in [6.45, 7) is 0. The highest BCUT2D eigenvalue weighted by Gasteiger charge is 2.24. The molecule has 3 rings (SSSR count). The summed E-state index contributed by atoms with van der Waals surface area (Å²) < 4.78 is 13.8. The predicted molar refractivity (Wildman–Crippen MR) is 85.3 cm³/mol. The van der Waals surface area contributed by atoms with Gasteiger partial charge in [0.15, 0.2) is 0 Å². The SMILES string of the molecule is O=S1CCC(n2c(CCCl)nc3c(Cl)cccc32)CC1. The van der Waals surface area contributed by atoms with Crippen molar-refractivity contribution in [1.82, 2.24) is 9.55 Å².